The highest BCUT2D eigenvalue weighted by molar-refractivity contribution is 14.0. The Labute approximate surface area is 162 Å². The van der Waals surface area contributed by atoms with Gasteiger partial charge in [-0.15, -0.1) is 30.6 Å². The Morgan fingerprint density at radius 3 is 2.71 bits per heavy atom. The van der Waals surface area contributed by atoms with E-state index in [1.165, 1.54) is 0 Å². The average molecular weight is 444 g/mol. The summed E-state index contributed by atoms with van der Waals surface area (Å²) < 4.78 is 0. The van der Waals surface area contributed by atoms with Crippen LogP contribution in [0.25, 0.3) is 0 Å². The Bertz CT molecular complexity index is 546. The van der Waals surface area contributed by atoms with Gasteiger partial charge in [0, 0.05) is 24.7 Å². The van der Waals surface area contributed by atoms with Crippen molar-refractivity contribution in [3.05, 3.63) is 48.0 Å². The molecule has 1 amide bonds. The molecule has 0 saturated carbocycles. The third-order valence-corrected chi connectivity index (χ3v) is 3.36. The number of guanidine groups is 1. The Kier molecular flexibility index (Phi) is 12.0. The first-order valence-electron chi connectivity index (χ1n) is 8.13. The van der Waals surface area contributed by atoms with Gasteiger partial charge in [0.1, 0.15) is 0 Å². The molecular weight excluding hydrogens is 415 g/mol. The number of amides is 1. The van der Waals surface area contributed by atoms with Crippen LogP contribution in [-0.2, 0) is 6.54 Å². The van der Waals surface area contributed by atoms with E-state index < -0.39 is 0 Å². The van der Waals surface area contributed by atoms with Crippen molar-refractivity contribution in [3.8, 4) is 0 Å². The predicted molar refractivity (Wildman–Crippen MR) is 112 cm³/mol. The summed E-state index contributed by atoms with van der Waals surface area (Å²) >= 11 is 0. The van der Waals surface area contributed by atoms with Crippen molar-refractivity contribution in [2.45, 2.75) is 39.8 Å². The zero-order valence-corrected chi connectivity index (χ0v) is 17.1. The topological polar surface area (TPSA) is 65.5 Å². The molecule has 0 fully saturated rings. The second-order valence-corrected chi connectivity index (χ2v) is 5.35. The SMILES string of the molecule is C=CCNC(=NCc1cccc(C(=O)NC(C)CC)c1)NCC.I. The second-order valence-electron chi connectivity index (χ2n) is 5.35. The van der Waals surface area contributed by atoms with E-state index in [1.54, 1.807) is 6.08 Å². The highest BCUT2D eigenvalue weighted by Crippen LogP contribution is 2.07. The predicted octanol–water partition coefficient (Wildman–Crippen LogP) is 3.07. The maximum Gasteiger partial charge on any atom is 0.251 e. The van der Waals surface area contributed by atoms with Gasteiger partial charge < -0.3 is 16.0 Å². The molecule has 3 N–H and O–H groups in total. The number of hydrogen-bond donors (Lipinski definition) is 3. The van der Waals surface area contributed by atoms with Gasteiger partial charge in [-0.2, -0.15) is 0 Å². The third kappa shape index (κ3) is 8.33. The van der Waals surface area contributed by atoms with Gasteiger partial charge >= 0.3 is 0 Å². The number of nitrogens with zero attached hydrogens (tertiary/aromatic N) is 1. The molecule has 0 saturated heterocycles. The highest BCUT2D eigenvalue weighted by atomic mass is 127. The number of benzene rings is 1. The van der Waals surface area contributed by atoms with E-state index in [0.29, 0.717) is 18.7 Å². The molecule has 0 heterocycles. The fraction of sp³-hybridized carbons (Fsp3) is 0.444. The van der Waals surface area contributed by atoms with Crippen LogP contribution in [-0.4, -0.2) is 31.0 Å². The molecule has 5 nitrogen and oxygen atoms in total. The van der Waals surface area contributed by atoms with Crippen molar-refractivity contribution >= 4 is 35.8 Å². The largest absolute Gasteiger partial charge is 0.357 e. The lowest BCUT2D eigenvalue weighted by molar-refractivity contribution is 0.0939. The molecule has 1 unspecified atom stereocenters. The zero-order chi connectivity index (χ0) is 17.1. The fourth-order valence-corrected chi connectivity index (χ4v) is 1.90. The average Bonchev–Trinajstić information content (AvgIpc) is 2.57. The quantitative estimate of drug-likeness (QED) is 0.250. The van der Waals surface area contributed by atoms with Crippen LogP contribution in [0.5, 0.6) is 0 Å². The lowest BCUT2D eigenvalue weighted by Crippen LogP contribution is -2.37. The number of halogens is 1. The minimum Gasteiger partial charge on any atom is -0.357 e. The summed E-state index contributed by atoms with van der Waals surface area (Å²) in [5.41, 5.74) is 1.67. The molecule has 0 aromatic heterocycles. The van der Waals surface area contributed by atoms with Crippen LogP contribution in [0.1, 0.15) is 43.1 Å². The first kappa shape index (κ1) is 22.4. The van der Waals surface area contributed by atoms with Crippen LogP contribution in [0.4, 0.5) is 0 Å². The summed E-state index contributed by atoms with van der Waals surface area (Å²) in [6.07, 6.45) is 2.70. The molecule has 0 spiro atoms. The fourth-order valence-electron chi connectivity index (χ4n) is 1.90. The summed E-state index contributed by atoms with van der Waals surface area (Å²) in [5, 5.41) is 9.30. The number of rotatable bonds is 8. The second kappa shape index (κ2) is 12.8. The van der Waals surface area contributed by atoms with Crippen LogP contribution in [0.2, 0.25) is 0 Å². The van der Waals surface area contributed by atoms with Gasteiger partial charge in [0.2, 0.25) is 0 Å². The van der Waals surface area contributed by atoms with Crippen molar-refractivity contribution in [3.63, 3.8) is 0 Å². The normalized spacial score (nSPS) is 11.9. The molecule has 1 aromatic rings. The first-order chi connectivity index (χ1) is 11.1. The Hall–Kier alpha value is -1.57. The van der Waals surface area contributed by atoms with E-state index in [4.69, 9.17) is 0 Å². The first-order valence-corrected chi connectivity index (χ1v) is 8.13. The number of hydrogen-bond acceptors (Lipinski definition) is 2. The minimum absolute atomic E-state index is 0. The van der Waals surface area contributed by atoms with Gasteiger partial charge in [-0.05, 0) is 38.0 Å². The van der Waals surface area contributed by atoms with Crippen molar-refractivity contribution in [1.82, 2.24) is 16.0 Å². The Balaban J connectivity index is 0.00000529. The molecule has 1 atom stereocenters. The van der Waals surface area contributed by atoms with E-state index in [9.17, 15) is 4.79 Å². The number of carbonyl (C=O) groups excluding carboxylic acids is 1. The van der Waals surface area contributed by atoms with Crippen LogP contribution >= 0.6 is 24.0 Å². The molecule has 0 aliphatic rings. The molecule has 0 radical (unpaired) electrons. The number of carbonyl (C=O) groups is 1. The molecule has 134 valence electrons. The van der Waals surface area contributed by atoms with Gasteiger partial charge in [0.05, 0.1) is 6.54 Å². The lowest BCUT2D eigenvalue weighted by atomic mass is 10.1. The Morgan fingerprint density at radius 1 is 1.33 bits per heavy atom. The van der Waals surface area contributed by atoms with Crippen LogP contribution in [0, 0.1) is 0 Å². The molecule has 6 heteroatoms. The van der Waals surface area contributed by atoms with Gasteiger partial charge in [0.15, 0.2) is 5.96 Å². The van der Waals surface area contributed by atoms with E-state index >= 15 is 0 Å². The third-order valence-electron chi connectivity index (χ3n) is 3.36. The summed E-state index contributed by atoms with van der Waals surface area (Å²) in [6, 6.07) is 7.75. The highest BCUT2D eigenvalue weighted by Gasteiger charge is 2.08. The molecule has 0 aliphatic heterocycles. The van der Waals surface area contributed by atoms with E-state index in [0.717, 1.165) is 24.5 Å². The number of aliphatic imine (C=N–C) groups is 1. The maximum absolute atomic E-state index is 12.2. The van der Waals surface area contributed by atoms with E-state index in [2.05, 4.69) is 34.4 Å². The van der Waals surface area contributed by atoms with E-state index in [1.807, 2.05) is 38.1 Å². The van der Waals surface area contributed by atoms with Crippen molar-refractivity contribution in [2.75, 3.05) is 13.1 Å². The molecule has 24 heavy (non-hydrogen) atoms. The standard InChI is InChI=1S/C18H28N4O.HI/c1-5-11-20-18(19-7-3)21-13-15-9-8-10-16(12-15)17(23)22-14(4)6-2;/h5,8-10,12,14H,1,6-7,11,13H2,2-4H3,(H,22,23)(H2,19,20,21);1H. The smallest absolute Gasteiger partial charge is 0.251 e. The maximum atomic E-state index is 12.2. The monoisotopic (exact) mass is 444 g/mol. The summed E-state index contributed by atoms with van der Waals surface area (Å²) in [5.74, 6) is 0.698. The molecule has 0 aliphatic carbocycles. The Morgan fingerprint density at radius 2 is 2.08 bits per heavy atom. The molecular formula is C18H29IN4O. The lowest BCUT2D eigenvalue weighted by Gasteiger charge is -2.12. The van der Waals surface area contributed by atoms with Crippen molar-refractivity contribution in [1.29, 1.82) is 0 Å². The summed E-state index contributed by atoms with van der Waals surface area (Å²) in [6.45, 7) is 11.7. The minimum atomic E-state index is -0.0399. The number of nitrogens with one attached hydrogen (secondary N) is 3. The van der Waals surface area contributed by atoms with Crippen LogP contribution < -0.4 is 16.0 Å². The van der Waals surface area contributed by atoms with Crippen LogP contribution in [0.15, 0.2) is 41.9 Å². The van der Waals surface area contributed by atoms with E-state index in [-0.39, 0.29) is 35.9 Å². The summed E-state index contributed by atoms with van der Waals surface area (Å²) in [4.78, 5) is 16.7. The molecule has 0 bridgehead atoms. The summed E-state index contributed by atoms with van der Waals surface area (Å²) in [7, 11) is 0. The van der Waals surface area contributed by atoms with Crippen molar-refractivity contribution < 1.29 is 4.79 Å². The van der Waals surface area contributed by atoms with Crippen molar-refractivity contribution in [2.24, 2.45) is 4.99 Å². The van der Waals surface area contributed by atoms with Gasteiger partial charge in [-0.1, -0.05) is 25.1 Å². The van der Waals surface area contributed by atoms with Gasteiger partial charge in [0.25, 0.3) is 5.91 Å². The molecule has 1 rings (SSSR count). The van der Waals surface area contributed by atoms with Gasteiger partial charge in [-0.25, -0.2) is 4.99 Å². The van der Waals surface area contributed by atoms with Gasteiger partial charge in [-0.3, -0.25) is 4.79 Å². The molecule has 1 aromatic carbocycles. The van der Waals surface area contributed by atoms with Crippen LogP contribution in [0.3, 0.4) is 0 Å². The zero-order valence-electron chi connectivity index (χ0n) is 14.8.